The van der Waals surface area contributed by atoms with Gasteiger partial charge < -0.3 is 5.32 Å². The van der Waals surface area contributed by atoms with Crippen molar-refractivity contribution in [3.05, 3.63) is 35.4 Å². The minimum absolute atomic E-state index is 0.0583. The van der Waals surface area contributed by atoms with Crippen molar-refractivity contribution < 1.29 is 8.78 Å². The lowest BCUT2D eigenvalue weighted by Gasteiger charge is -2.33. The third kappa shape index (κ3) is 3.53. The predicted molar refractivity (Wildman–Crippen MR) is 73.9 cm³/mol. The molecule has 3 heteroatoms. The van der Waals surface area contributed by atoms with E-state index in [1.165, 1.54) is 31.4 Å². The molecule has 19 heavy (non-hydrogen) atoms. The summed E-state index contributed by atoms with van der Waals surface area (Å²) >= 11 is 0. The molecule has 0 heterocycles. The molecule has 1 atom stereocenters. The van der Waals surface area contributed by atoms with E-state index < -0.39 is 11.6 Å². The van der Waals surface area contributed by atoms with Crippen LogP contribution in [-0.2, 0) is 0 Å². The van der Waals surface area contributed by atoms with E-state index in [1.807, 2.05) is 7.05 Å². The Balaban J connectivity index is 2.11. The lowest BCUT2D eigenvalue weighted by molar-refractivity contribution is 0.224. The number of rotatable bonds is 4. The molecule has 1 nitrogen and oxygen atoms in total. The van der Waals surface area contributed by atoms with Crippen LogP contribution in [0.2, 0.25) is 0 Å². The highest BCUT2D eigenvalue weighted by Crippen LogP contribution is 2.38. The average molecular weight is 267 g/mol. The maximum absolute atomic E-state index is 13.3. The van der Waals surface area contributed by atoms with Crippen LogP contribution in [-0.4, -0.2) is 7.05 Å². The monoisotopic (exact) mass is 267 g/mol. The summed E-state index contributed by atoms with van der Waals surface area (Å²) in [6.45, 7) is 2.24. The Morgan fingerprint density at radius 1 is 1.11 bits per heavy atom. The van der Waals surface area contributed by atoms with Gasteiger partial charge >= 0.3 is 0 Å². The van der Waals surface area contributed by atoms with Gasteiger partial charge in [0, 0.05) is 12.1 Å². The second-order valence-electron chi connectivity index (χ2n) is 5.66. The van der Waals surface area contributed by atoms with Crippen LogP contribution >= 0.6 is 0 Å². The highest BCUT2D eigenvalue weighted by atomic mass is 19.1. The Hall–Kier alpha value is -0.960. The van der Waals surface area contributed by atoms with E-state index in [4.69, 9.17) is 0 Å². The summed E-state index contributed by atoms with van der Waals surface area (Å²) in [6.07, 6.45) is 5.99. The largest absolute Gasteiger partial charge is 0.313 e. The van der Waals surface area contributed by atoms with Crippen molar-refractivity contribution in [3.8, 4) is 0 Å². The van der Waals surface area contributed by atoms with Gasteiger partial charge in [-0.05, 0) is 49.4 Å². The highest BCUT2D eigenvalue weighted by molar-refractivity contribution is 5.22. The van der Waals surface area contributed by atoms with Gasteiger partial charge in [-0.1, -0.05) is 26.2 Å². The van der Waals surface area contributed by atoms with Crippen LogP contribution in [0.1, 0.15) is 50.6 Å². The molecule has 0 aliphatic heterocycles. The first-order valence-corrected chi connectivity index (χ1v) is 7.27. The van der Waals surface area contributed by atoms with Gasteiger partial charge in [0.25, 0.3) is 0 Å². The summed E-state index contributed by atoms with van der Waals surface area (Å²) < 4.78 is 26.7. The fourth-order valence-electron chi connectivity index (χ4n) is 3.36. The van der Waals surface area contributed by atoms with E-state index >= 15 is 0 Å². The molecule has 0 spiro atoms. The van der Waals surface area contributed by atoms with Crippen LogP contribution in [0.15, 0.2) is 18.2 Å². The number of halogens is 2. The average Bonchev–Trinajstić information content (AvgIpc) is 2.39. The van der Waals surface area contributed by atoms with Crippen LogP contribution in [0, 0.1) is 23.5 Å². The molecule has 2 rings (SSSR count). The van der Waals surface area contributed by atoms with Crippen molar-refractivity contribution in [2.75, 3.05) is 7.05 Å². The number of nitrogens with one attached hydrogen (secondary N) is 1. The molecular formula is C16H23F2N. The molecule has 1 unspecified atom stereocenters. The van der Waals surface area contributed by atoms with Gasteiger partial charge in [0.1, 0.15) is 11.6 Å². The van der Waals surface area contributed by atoms with Crippen molar-refractivity contribution in [2.24, 2.45) is 11.8 Å². The van der Waals surface area contributed by atoms with E-state index in [0.29, 0.717) is 5.92 Å². The standard InChI is InChI=1S/C16H23F2N/c1-3-11-4-6-12(7-5-11)16(19-2)13-8-14(17)10-15(18)9-13/h8-12,16,19H,3-7H2,1-2H3. The van der Waals surface area contributed by atoms with E-state index in [-0.39, 0.29) is 6.04 Å². The molecule has 1 aliphatic rings. The van der Waals surface area contributed by atoms with Crippen molar-refractivity contribution in [1.29, 1.82) is 0 Å². The molecule has 0 bridgehead atoms. The smallest absolute Gasteiger partial charge is 0.126 e. The van der Waals surface area contributed by atoms with Gasteiger partial charge in [0.05, 0.1) is 0 Å². The molecule has 0 amide bonds. The highest BCUT2D eigenvalue weighted by Gasteiger charge is 2.27. The molecule has 1 aromatic carbocycles. The van der Waals surface area contributed by atoms with Gasteiger partial charge in [-0.15, -0.1) is 0 Å². The zero-order valence-electron chi connectivity index (χ0n) is 11.8. The molecule has 0 saturated heterocycles. The lowest BCUT2D eigenvalue weighted by Crippen LogP contribution is -2.28. The normalized spacial score (nSPS) is 25.3. The fraction of sp³-hybridized carbons (Fsp3) is 0.625. The number of benzene rings is 1. The van der Waals surface area contributed by atoms with E-state index in [1.54, 1.807) is 0 Å². The van der Waals surface area contributed by atoms with Gasteiger partial charge in [-0.25, -0.2) is 8.78 Å². The minimum atomic E-state index is -0.488. The Bertz CT molecular complexity index is 391. The lowest BCUT2D eigenvalue weighted by atomic mass is 9.76. The zero-order valence-corrected chi connectivity index (χ0v) is 11.8. The van der Waals surface area contributed by atoms with E-state index in [9.17, 15) is 8.78 Å². The molecule has 0 radical (unpaired) electrons. The van der Waals surface area contributed by atoms with Gasteiger partial charge in [0.2, 0.25) is 0 Å². The fourth-order valence-corrected chi connectivity index (χ4v) is 3.36. The number of hydrogen-bond acceptors (Lipinski definition) is 1. The van der Waals surface area contributed by atoms with Gasteiger partial charge in [-0.3, -0.25) is 0 Å². The summed E-state index contributed by atoms with van der Waals surface area (Å²) in [6, 6.07) is 3.90. The Morgan fingerprint density at radius 2 is 1.68 bits per heavy atom. The molecule has 1 fully saturated rings. The van der Waals surface area contributed by atoms with Crippen LogP contribution in [0.25, 0.3) is 0 Å². The number of hydrogen-bond donors (Lipinski definition) is 1. The van der Waals surface area contributed by atoms with E-state index in [0.717, 1.165) is 30.4 Å². The first-order chi connectivity index (χ1) is 9.13. The van der Waals surface area contributed by atoms with Gasteiger partial charge in [0.15, 0.2) is 0 Å². The maximum Gasteiger partial charge on any atom is 0.126 e. The Kier molecular flexibility index (Phi) is 4.92. The molecule has 106 valence electrons. The molecule has 1 aromatic rings. The molecule has 1 saturated carbocycles. The summed E-state index contributed by atoms with van der Waals surface area (Å²) in [5, 5.41) is 3.24. The van der Waals surface area contributed by atoms with Crippen LogP contribution in [0.4, 0.5) is 8.78 Å². The molecule has 0 aromatic heterocycles. The maximum atomic E-state index is 13.3. The Labute approximate surface area is 114 Å². The van der Waals surface area contributed by atoms with Gasteiger partial charge in [-0.2, -0.15) is 0 Å². The van der Waals surface area contributed by atoms with E-state index in [2.05, 4.69) is 12.2 Å². The topological polar surface area (TPSA) is 12.0 Å². The Morgan fingerprint density at radius 3 is 2.16 bits per heavy atom. The predicted octanol–water partition coefficient (Wildman–Crippen LogP) is 4.44. The van der Waals surface area contributed by atoms with Crippen molar-refractivity contribution in [3.63, 3.8) is 0 Å². The quantitative estimate of drug-likeness (QED) is 0.850. The summed E-state index contributed by atoms with van der Waals surface area (Å²) in [7, 11) is 1.87. The first-order valence-electron chi connectivity index (χ1n) is 7.27. The second kappa shape index (κ2) is 6.47. The van der Waals surface area contributed by atoms with Crippen LogP contribution in [0.3, 0.4) is 0 Å². The van der Waals surface area contributed by atoms with Crippen molar-refractivity contribution in [2.45, 2.75) is 45.1 Å². The third-order valence-corrected chi connectivity index (χ3v) is 4.50. The van der Waals surface area contributed by atoms with Crippen molar-refractivity contribution in [1.82, 2.24) is 5.32 Å². The molecule has 1 N–H and O–H groups in total. The molecule has 1 aliphatic carbocycles. The molecular weight excluding hydrogens is 244 g/mol. The third-order valence-electron chi connectivity index (χ3n) is 4.50. The minimum Gasteiger partial charge on any atom is -0.313 e. The summed E-state index contributed by atoms with van der Waals surface area (Å²) in [5.41, 5.74) is 0.736. The first kappa shape index (κ1) is 14.4. The second-order valence-corrected chi connectivity index (χ2v) is 5.66. The zero-order chi connectivity index (χ0) is 13.8. The van der Waals surface area contributed by atoms with Crippen LogP contribution < -0.4 is 5.32 Å². The summed E-state index contributed by atoms with van der Waals surface area (Å²) in [5.74, 6) is 0.335. The van der Waals surface area contributed by atoms with Crippen LogP contribution in [0.5, 0.6) is 0 Å². The SMILES string of the molecule is CCC1CCC(C(NC)c2cc(F)cc(F)c2)CC1. The summed E-state index contributed by atoms with van der Waals surface area (Å²) in [4.78, 5) is 0. The van der Waals surface area contributed by atoms with Crippen molar-refractivity contribution >= 4 is 0 Å².